The Hall–Kier alpha value is -3.88. The van der Waals surface area contributed by atoms with Crippen LogP contribution in [0.25, 0.3) is 0 Å². The molecule has 0 aliphatic rings. The molecule has 0 radical (unpaired) electrons. The maximum absolute atomic E-state index is 10.9. The summed E-state index contributed by atoms with van der Waals surface area (Å²) in [5.41, 5.74) is 8.62. The molecule has 3 amide bonds. The average molecular weight is 446 g/mol. The van der Waals surface area contributed by atoms with Crippen molar-refractivity contribution in [1.29, 1.82) is 0 Å². The monoisotopic (exact) mass is 445 g/mol. The van der Waals surface area contributed by atoms with E-state index in [0.717, 1.165) is 0 Å². The van der Waals surface area contributed by atoms with Gasteiger partial charge in [-0.15, -0.1) is 0 Å². The lowest BCUT2D eigenvalue weighted by Gasteiger charge is -2.04. The molecule has 0 aliphatic carbocycles. The highest BCUT2D eigenvalue weighted by molar-refractivity contribution is 5.88. The van der Waals surface area contributed by atoms with E-state index in [1.807, 2.05) is 19.1 Å². The number of aromatic hydroxyl groups is 1. The van der Waals surface area contributed by atoms with Crippen molar-refractivity contribution >= 4 is 23.7 Å². The number of aliphatic carboxylic acids is 1. The summed E-state index contributed by atoms with van der Waals surface area (Å²) < 4.78 is 0. The molecular weight excluding hydrogens is 414 g/mol. The van der Waals surface area contributed by atoms with Crippen molar-refractivity contribution in [1.82, 2.24) is 10.6 Å². The maximum Gasteiger partial charge on any atom is 0.303 e. The van der Waals surface area contributed by atoms with Gasteiger partial charge < -0.3 is 26.6 Å². The number of carbonyl (C=O) groups excluding carboxylic acids is 3. The number of phenolic OH excluding ortho intramolecular Hbond substituents is 1. The summed E-state index contributed by atoms with van der Waals surface area (Å²) in [6, 6.07) is 15.5. The minimum Gasteiger partial charge on any atom is -0.508 e. The predicted molar refractivity (Wildman–Crippen MR) is 121 cm³/mol. The third-order valence-electron chi connectivity index (χ3n) is 3.68. The van der Waals surface area contributed by atoms with E-state index in [4.69, 9.17) is 15.9 Å². The Morgan fingerprint density at radius 1 is 0.781 bits per heavy atom. The number of rotatable bonds is 7. The Kier molecular flexibility index (Phi) is 14.0. The number of carboxylic acids is 1. The van der Waals surface area contributed by atoms with E-state index in [-0.39, 0.29) is 25.9 Å². The number of hydrogen-bond acceptors (Lipinski definition) is 5. The molecule has 9 heteroatoms. The first-order chi connectivity index (χ1) is 15.0. The molecule has 6 N–H and O–H groups in total. The highest BCUT2D eigenvalue weighted by Gasteiger charge is 2.07. The number of phenols is 1. The first kappa shape index (κ1) is 28.1. The molecule has 2 aromatic rings. The van der Waals surface area contributed by atoms with Crippen LogP contribution in [0.4, 0.5) is 0 Å². The normalized spacial score (nSPS) is 9.22. The molecule has 0 heterocycles. The fourth-order valence-electron chi connectivity index (χ4n) is 2.09. The van der Waals surface area contributed by atoms with Gasteiger partial charge in [0.1, 0.15) is 5.75 Å². The topological polar surface area (TPSA) is 159 Å². The van der Waals surface area contributed by atoms with E-state index >= 15 is 0 Å². The van der Waals surface area contributed by atoms with Crippen molar-refractivity contribution in [2.24, 2.45) is 5.73 Å². The molecule has 0 atom stereocenters. The van der Waals surface area contributed by atoms with Gasteiger partial charge in [-0.05, 0) is 32.9 Å². The van der Waals surface area contributed by atoms with Crippen LogP contribution in [0.5, 0.6) is 5.75 Å². The smallest absolute Gasteiger partial charge is 0.303 e. The van der Waals surface area contributed by atoms with Gasteiger partial charge in [0.15, 0.2) is 0 Å². The van der Waals surface area contributed by atoms with Crippen LogP contribution in [-0.4, -0.2) is 47.0 Å². The Balaban J connectivity index is 0.000000497. The SMILES string of the molecule is Cc1ccc(O)cc1.Cc1cccc(C)c1.NC(=O)CNC(=O)CNC(=O)CCC(=O)O. The fourth-order valence-corrected chi connectivity index (χ4v) is 2.09. The standard InChI is InChI=1S/C8H13N3O5.C8H10.C7H8O/c9-5(12)3-10-7(14)4-11-6(13)1-2-8(15)16;1-7-4-3-5-8(2)6-7;1-6-2-4-7(8)5-3-6/h1-4H2,(H2,9,12)(H,10,14)(H,11,13)(H,15,16);3-6H,1-2H3;2-5,8H,1H3. The van der Waals surface area contributed by atoms with Gasteiger partial charge in [-0.25, -0.2) is 0 Å². The molecule has 0 saturated heterocycles. The summed E-state index contributed by atoms with van der Waals surface area (Å²) in [7, 11) is 0. The molecule has 0 aromatic heterocycles. The first-order valence-electron chi connectivity index (χ1n) is 9.82. The number of primary amides is 1. The molecule has 0 unspecified atom stereocenters. The summed E-state index contributed by atoms with van der Waals surface area (Å²) in [6.45, 7) is 5.58. The Morgan fingerprint density at radius 2 is 1.31 bits per heavy atom. The molecule has 9 nitrogen and oxygen atoms in total. The second-order valence-electron chi connectivity index (χ2n) is 6.91. The van der Waals surface area contributed by atoms with Crippen LogP contribution >= 0.6 is 0 Å². The molecule has 0 aliphatic heterocycles. The number of carbonyl (C=O) groups is 4. The van der Waals surface area contributed by atoms with E-state index in [1.54, 1.807) is 12.1 Å². The number of carboxylic acid groups (broad SMARTS) is 1. The van der Waals surface area contributed by atoms with Gasteiger partial charge in [-0.3, -0.25) is 19.2 Å². The number of benzene rings is 2. The number of aryl methyl sites for hydroxylation is 3. The number of hydrogen-bond donors (Lipinski definition) is 5. The largest absolute Gasteiger partial charge is 0.508 e. The van der Waals surface area contributed by atoms with Crippen molar-refractivity contribution in [3.63, 3.8) is 0 Å². The third-order valence-corrected chi connectivity index (χ3v) is 3.68. The molecule has 2 rings (SSSR count). The molecule has 174 valence electrons. The highest BCUT2D eigenvalue weighted by Crippen LogP contribution is 2.07. The van der Waals surface area contributed by atoms with Crippen LogP contribution in [0.3, 0.4) is 0 Å². The van der Waals surface area contributed by atoms with Gasteiger partial charge in [0.2, 0.25) is 17.7 Å². The lowest BCUT2D eigenvalue weighted by atomic mass is 10.2. The number of nitrogens with one attached hydrogen (secondary N) is 2. The Morgan fingerprint density at radius 3 is 1.72 bits per heavy atom. The zero-order chi connectivity index (χ0) is 24.5. The van der Waals surface area contributed by atoms with Crippen molar-refractivity contribution in [2.45, 2.75) is 33.6 Å². The van der Waals surface area contributed by atoms with E-state index in [2.05, 4.69) is 48.7 Å². The van der Waals surface area contributed by atoms with Crippen molar-refractivity contribution < 1.29 is 29.4 Å². The van der Waals surface area contributed by atoms with Gasteiger partial charge in [0.25, 0.3) is 0 Å². The summed E-state index contributed by atoms with van der Waals surface area (Å²) >= 11 is 0. The lowest BCUT2D eigenvalue weighted by molar-refractivity contribution is -0.138. The molecule has 32 heavy (non-hydrogen) atoms. The van der Waals surface area contributed by atoms with E-state index in [0.29, 0.717) is 5.75 Å². The molecule has 2 aromatic carbocycles. The van der Waals surface area contributed by atoms with Crippen molar-refractivity contribution in [3.8, 4) is 5.75 Å². The average Bonchev–Trinajstić information content (AvgIpc) is 2.72. The van der Waals surface area contributed by atoms with Crippen molar-refractivity contribution in [3.05, 3.63) is 65.2 Å². The van der Waals surface area contributed by atoms with Crippen LogP contribution in [-0.2, 0) is 19.2 Å². The fraction of sp³-hybridized carbons (Fsp3) is 0.304. The quantitative estimate of drug-likeness (QED) is 0.435. The summed E-state index contributed by atoms with van der Waals surface area (Å²) in [6.07, 6.45) is -0.493. The number of nitrogens with two attached hydrogens (primary N) is 1. The second kappa shape index (κ2) is 15.9. The number of amides is 3. The van der Waals surface area contributed by atoms with Crippen LogP contribution < -0.4 is 16.4 Å². The Bertz CT molecular complexity index is 813. The zero-order valence-electron chi connectivity index (χ0n) is 18.6. The van der Waals surface area contributed by atoms with Gasteiger partial charge in [-0.1, -0.05) is 53.1 Å². The lowest BCUT2D eigenvalue weighted by Crippen LogP contribution is -2.40. The van der Waals surface area contributed by atoms with Crippen LogP contribution in [0.15, 0.2) is 48.5 Å². The van der Waals surface area contributed by atoms with Gasteiger partial charge >= 0.3 is 5.97 Å². The van der Waals surface area contributed by atoms with E-state index in [9.17, 15) is 19.2 Å². The first-order valence-corrected chi connectivity index (χ1v) is 9.82. The molecular formula is C23H31N3O6. The van der Waals surface area contributed by atoms with Crippen molar-refractivity contribution in [2.75, 3.05) is 13.1 Å². The summed E-state index contributed by atoms with van der Waals surface area (Å²) in [5, 5.41) is 21.4. The molecule has 0 bridgehead atoms. The van der Waals surface area contributed by atoms with Crippen LogP contribution in [0.1, 0.15) is 29.5 Å². The highest BCUT2D eigenvalue weighted by atomic mass is 16.4. The molecule has 0 fully saturated rings. The molecule has 0 saturated carbocycles. The maximum atomic E-state index is 10.9. The Labute approximate surface area is 187 Å². The van der Waals surface area contributed by atoms with Gasteiger partial charge in [0.05, 0.1) is 19.5 Å². The van der Waals surface area contributed by atoms with Crippen LogP contribution in [0, 0.1) is 20.8 Å². The van der Waals surface area contributed by atoms with Crippen LogP contribution in [0.2, 0.25) is 0 Å². The minimum atomic E-state index is -1.09. The van der Waals surface area contributed by atoms with E-state index < -0.39 is 23.7 Å². The predicted octanol–water partition coefficient (Wildman–Crippen LogP) is 1.57. The van der Waals surface area contributed by atoms with E-state index in [1.165, 1.54) is 16.7 Å². The third kappa shape index (κ3) is 17.0. The molecule has 0 spiro atoms. The second-order valence-corrected chi connectivity index (χ2v) is 6.91. The zero-order valence-corrected chi connectivity index (χ0v) is 18.6. The summed E-state index contributed by atoms with van der Waals surface area (Å²) in [5.74, 6) is -2.56. The minimum absolute atomic E-state index is 0.196. The van der Waals surface area contributed by atoms with Gasteiger partial charge in [0, 0.05) is 6.42 Å². The summed E-state index contributed by atoms with van der Waals surface area (Å²) in [4.78, 5) is 42.3. The van der Waals surface area contributed by atoms with Gasteiger partial charge in [-0.2, -0.15) is 0 Å².